The van der Waals surface area contributed by atoms with Gasteiger partial charge in [-0.15, -0.1) is 0 Å². The van der Waals surface area contributed by atoms with Gasteiger partial charge in [0.05, 0.1) is 12.2 Å². The smallest absolute Gasteiger partial charge is 0.217 e. The standard InChI is InChI=1S/C21H29NO4/c1-11-6-7-16-20(19(11)25)26-17(10-21(16,5)22-14(4)23)15-8-12(2)18(24)13(3)9-15/h6,8-9,16-17,19-20,24-25H,7,10H2,1-5H3,(H,22,23)/t16-,17+,19-,20-,21-/m1/s1. The van der Waals surface area contributed by atoms with E-state index in [2.05, 4.69) is 5.32 Å². The molecule has 1 aromatic rings. The number of benzene rings is 1. The predicted octanol–water partition coefficient (Wildman–Crippen LogP) is 3.06. The van der Waals surface area contributed by atoms with E-state index in [1.165, 1.54) is 6.92 Å². The number of hydrogen-bond donors (Lipinski definition) is 3. The fourth-order valence-electron chi connectivity index (χ4n) is 4.53. The van der Waals surface area contributed by atoms with Crippen molar-refractivity contribution in [2.45, 2.75) is 71.3 Å². The summed E-state index contributed by atoms with van der Waals surface area (Å²) >= 11 is 0. The number of aromatic hydroxyl groups is 1. The lowest BCUT2D eigenvalue weighted by Crippen LogP contribution is -2.62. The van der Waals surface area contributed by atoms with Crippen LogP contribution < -0.4 is 5.32 Å². The Labute approximate surface area is 155 Å². The second-order valence-corrected chi connectivity index (χ2v) is 8.13. The molecule has 142 valence electrons. The van der Waals surface area contributed by atoms with E-state index in [0.29, 0.717) is 12.2 Å². The Morgan fingerprint density at radius 3 is 2.46 bits per heavy atom. The van der Waals surface area contributed by atoms with Gasteiger partial charge in [-0.1, -0.05) is 6.08 Å². The summed E-state index contributed by atoms with van der Waals surface area (Å²) in [4.78, 5) is 11.9. The molecular formula is C21H29NO4. The first-order valence-corrected chi connectivity index (χ1v) is 9.21. The lowest BCUT2D eigenvalue weighted by Gasteiger charge is -2.52. The minimum atomic E-state index is -0.677. The summed E-state index contributed by atoms with van der Waals surface area (Å²) in [5.74, 6) is 0.231. The number of aryl methyl sites for hydroxylation is 2. The van der Waals surface area contributed by atoms with Crippen LogP contribution in [-0.2, 0) is 9.53 Å². The molecule has 1 heterocycles. The molecule has 5 nitrogen and oxygen atoms in total. The van der Waals surface area contributed by atoms with Gasteiger partial charge in [0.2, 0.25) is 5.91 Å². The first-order chi connectivity index (χ1) is 12.1. The van der Waals surface area contributed by atoms with Gasteiger partial charge in [0, 0.05) is 24.8 Å². The molecule has 0 spiro atoms. The van der Waals surface area contributed by atoms with Gasteiger partial charge in [0.1, 0.15) is 11.9 Å². The van der Waals surface area contributed by atoms with Gasteiger partial charge < -0.3 is 20.3 Å². The van der Waals surface area contributed by atoms with Gasteiger partial charge in [-0.2, -0.15) is 0 Å². The number of allylic oxidation sites excluding steroid dienone is 1. The van der Waals surface area contributed by atoms with E-state index in [9.17, 15) is 15.0 Å². The van der Waals surface area contributed by atoms with Gasteiger partial charge in [-0.3, -0.25) is 4.79 Å². The van der Waals surface area contributed by atoms with Crippen molar-refractivity contribution in [2.24, 2.45) is 5.92 Å². The summed E-state index contributed by atoms with van der Waals surface area (Å²) in [5.41, 5.74) is 3.00. The minimum Gasteiger partial charge on any atom is -0.507 e. The SMILES string of the molecule is CC(=O)N[C@]1(C)C[C@@H](c2cc(C)c(O)c(C)c2)O[C@H]2[C@H](O)C(C)=CC[C@H]21. The van der Waals surface area contributed by atoms with Gasteiger partial charge in [-0.05, 0) is 68.5 Å². The highest BCUT2D eigenvalue weighted by Crippen LogP contribution is 2.47. The third-order valence-corrected chi connectivity index (χ3v) is 5.96. The van der Waals surface area contributed by atoms with Gasteiger partial charge in [0.25, 0.3) is 0 Å². The van der Waals surface area contributed by atoms with E-state index in [4.69, 9.17) is 4.74 Å². The zero-order valence-corrected chi connectivity index (χ0v) is 16.2. The molecule has 1 amide bonds. The zero-order valence-electron chi connectivity index (χ0n) is 16.2. The van der Waals surface area contributed by atoms with Crippen molar-refractivity contribution in [3.8, 4) is 5.75 Å². The Morgan fingerprint density at radius 2 is 1.88 bits per heavy atom. The number of rotatable bonds is 2. The quantitative estimate of drug-likeness (QED) is 0.709. The maximum absolute atomic E-state index is 11.9. The molecule has 1 saturated heterocycles. The summed E-state index contributed by atoms with van der Waals surface area (Å²) in [6, 6.07) is 3.86. The molecule has 2 aliphatic rings. The number of carbonyl (C=O) groups is 1. The van der Waals surface area contributed by atoms with Crippen molar-refractivity contribution in [1.82, 2.24) is 5.32 Å². The molecule has 3 N–H and O–H groups in total. The van der Waals surface area contributed by atoms with E-state index in [-0.39, 0.29) is 24.0 Å². The van der Waals surface area contributed by atoms with Gasteiger partial charge in [0.15, 0.2) is 0 Å². The first-order valence-electron chi connectivity index (χ1n) is 9.21. The number of aliphatic hydroxyl groups is 1. The number of nitrogens with one attached hydrogen (secondary N) is 1. The predicted molar refractivity (Wildman–Crippen MR) is 99.9 cm³/mol. The summed E-state index contributed by atoms with van der Waals surface area (Å²) in [6.07, 6.45) is 2.13. The minimum absolute atomic E-state index is 0.0145. The van der Waals surface area contributed by atoms with E-state index in [1.54, 1.807) is 0 Å². The summed E-state index contributed by atoms with van der Waals surface area (Å²) < 4.78 is 6.36. The van der Waals surface area contributed by atoms with E-state index < -0.39 is 11.6 Å². The van der Waals surface area contributed by atoms with Crippen LogP contribution in [0.2, 0.25) is 0 Å². The molecule has 0 unspecified atom stereocenters. The monoisotopic (exact) mass is 359 g/mol. The Morgan fingerprint density at radius 1 is 1.27 bits per heavy atom. The van der Waals surface area contributed by atoms with Crippen molar-refractivity contribution in [2.75, 3.05) is 0 Å². The van der Waals surface area contributed by atoms with Crippen LogP contribution in [0.25, 0.3) is 0 Å². The summed E-state index contributed by atoms with van der Waals surface area (Å²) in [5, 5.41) is 23.9. The van der Waals surface area contributed by atoms with E-state index >= 15 is 0 Å². The van der Waals surface area contributed by atoms with Crippen molar-refractivity contribution in [3.05, 3.63) is 40.5 Å². The van der Waals surface area contributed by atoms with Crippen molar-refractivity contribution >= 4 is 5.91 Å². The molecule has 1 aromatic carbocycles. The Bertz CT molecular complexity index is 733. The third-order valence-electron chi connectivity index (χ3n) is 5.96. The second-order valence-electron chi connectivity index (χ2n) is 8.13. The topological polar surface area (TPSA) is 78.8 Å². The average Bonchev–Trinajstić information content (AvgIpc) is 2.54. The number of amides is 1. The molecule has 5 heteroatoms. The maximum atomic E-state index is 11.9. The van der Waals surface area contributed by atoms with Crippen LogP contribution in [-0.4, -0.2) is 33.9 Å². The van der Waals surface area contributed by atoms with Crippen molar-refractivity contribution < 1.29 is 19.7 Å². The van der Waals surface area contributed by atoms with E-state index in [1.807, 2.05) is 45.9 Å². The van der Waals surface area contributed by atoms with Crippen LogP contribution in [0.4, 0.5) is 0 Å². The molecule has 1 aliphatic carbocycles. The number of phenolic OH excluding ortho intramolecular Hbond substituents is 1. The largest absolute Gasteiger partial charge is 0.507 e. The molecule has 26 heavy (non-hydrogen) atoms. The zero-order chi connectivity index (χ0) is 19.2. The van der Waals surface area contributed by atoms with Crippen LogP contribution in [0, 0.1) is 19.8 Å². The Kier molecular flexibility index (Phi) is 4.88. The lowest BCUT2D eigenvalue weighted by molar-refractivity contribution is -0.165. The lowest BCUT2D eigenvalue weighted by atomic mass is 9.68. The maximum Gasteiger partial charge on any atom is 0.217 e. The molecule has 3 rings (SSSR count). The third kappa shape index (κ3) is 3.26. The fraction of sp³-hybridized carbons (Fsp3) is 0.571. The highest BCUT2D eigenvalue weighted by molar-refractivity contribution is 5.74. The highest BCUT2D eigenvalue weighted by Gasteiger charge is 2.51. The van der Waals surface area contributed by atoms with Gasteiger partial charge >= 0.3 is 0 Å². The number of hydrogen-bond acceptors (Lipinski definition) is 4. The summed E-state index contributed by atoms with van der Waals surface area (Å²) in [7, 11) is 0. The Balaban J connectivity index is 2.01. The molecule has 0 bridgehead atoms. The number of carbonyl (C=O) groups excluding carboxylic acids is 1. The van der Waals surface area contributed by atoms with Crippen LogP contribution in [0.3, 0.4) is 0 Å². The van der Waals surface area contributed by atoms with Crippen LogP contribution >= 0.6 is 0 Å². The fourth-order valence-corrected chi connectivity index (χ4v) is 4.53. The molecule has 0 saturated carbocycles. The number of phenols is 1. The molecule has 0 radical (unpaired) electrons. The molecule has 0 aromatic heterocycles. The van der Waals surface area contributed by atoms with Crippen molar-refractivity contribution in [3.63, 3.8) is 0 Å². The Hall–Kier alpha value is -1.85. The average molecular weight is 359 g/mol. The number of fused-ring (bicyclic) bond motifs is 1. The van der Waals surface area contributed by atoms with Crippen LogP contribution in [0.1, 0.15) is 56.4 Å². The molecular weight excluding hydrogens is 330 g/mol. The molecule has 5 atom stereocenters. The molecule has 1 aliphatic heterocycles. The van der Waals surface area contributed by atoms with Crippen LogP contribution in [0.5, 0.6) is 5.75 Å². The highest BCUT2D eigenvalue weighted by atomic mass is 16.5. The number of aliphatic hydroxyl groups excluding tert-OH is 1. The molecule has 1 fully saturated rings. The van der Waals surface area contributed by atoms with Crippen LogP contribution in [0.15, 0.2) is 23.8 Å². The summed E-state index contributed by atoms with van der Waals surface area (Å²) in [6.45, 7) is 9.22. The normalized spacial score (nSPS) is 34.0. The second kappa shape index (κ2) is 6.71. The first kappa shape index (κ1) is 18.9. The van der Waals surface area contributed by atoms with Crippen molar-refractivity contribution in [1.29, 1.82) is 0 Å². The van der Waals surface area contributed by atoms with E-state index in [0.717, 1.165) is 28.7 Å². The van der Waals surface area contributed by atoms with Gasteiger partial charge in [-0.25, -0.2) is 0 Å². The number of ether oxygens (including phenoxy) is 1.